The summed E-state index contributed by atoms with van der Waals surface area (Å²) in [5, 5.41) is 15.8. The van der Waals surface area contributed by atoms with Gasteiger partial charge >= 0.3 is 5.97 Å². The molecule has 24 heavy (non-hydrogen) atoms. The Balaban J connectivity index is 1.68. The highest BCUT2D eigenvalue weighted by Crippen LogP contribution is 2.24. The Morgan fingerprint density at radius 1 is 1.25 bits per heavy atom. The zero-order valence-corrected chi connectivity index (χ0v) is 14.7. The van der Waals surface area contributed by atoms with Crippen molar-refractivity contribution in [3.05, 3.63) is 69.5 Å². The van der Waals surface area contributed by atoms with Crippen molar-refractivity contribution in [2.24, 2.45) is 5.10 Å². The average Bonchev–Trinajstić information content (AvgIpc) is 3.04. The van der Waals surface area contributed by atoms with Gasteiger partial charge in [0.2, 0.25) is 5.13 Å². The third-order valence-corrected chi connectivity index (χ3v) is 4.57. The van der Waals surface area contributed by atoms with Gasteiger partial charge in [0.25, 0.3) is 0 Å². The number of aromatic carboxylic acids is 1. The second-order valence-corrected chi connectivity index (χ2v) is 6.53. The Labute approximate surface area is 150 Å². The molecule has 120 valence electrons. The van der Waals surface area contributed by atoms with E-state index in [9.17, 15) is 4.79 Å². The zero-order chi connectivity index (χ0) is 16.9. The molecule has 0 aliphatic heterocycles. The topological polar surface area (TPSA) is 74.6 Å². The molecule has 3 rings (SSSR count). The molecule has 0 unspecified atom stereocenters. The summed E-state index contributed by atoms with van der Waals surface area (Å²) in [5.41, 5.74) is 5.83. The molecule has 1 aromatic heterocycles. The van der Waals surface area contributed by atoms with E-state index in [2.05, 4.69) is 31.4 Å². The van der Waals surface area contributed by atoms with Gasteiger partial charge in [-0.3, -0.25) is 5.43 Å². The average molecular weight is 402 g/mol. The van der Waals surface area contributed by atoms with E-state index in [1.54, 1.807) is 18.3 Å². The van der Waals surface area contributed by atoms with Crippen LogP contribution in [0.3, 0.4) is 0 Å². The number of hydrazone groups is 1. The van der Waals surface area contributed by atoms with E-state index in [1.165, 1.54) is 17.4 Å². The molecule has 2 aromatic carbocycles. The van der Waals surface area contributed by atoms with Crippen LogP contribution in [0.1, 0.15) is 15.9 Å². The van der Waals surface area contributed by atoms with Gasteiger partial charge in [0.05, 0.1) is 17.5 Å². The van der Waals surface area contributed by atoms with Crippen LogP contribution < -0.4 is 5.43 Å². The third kappa shape index (κ3) is 3.87. The number of rotatable bonds is 5. The minimum Gasteiger partial charge on any atom is -0.478 e. The van der Waals surface area contributed by atoms with Crippen molar-refractivity contribution in [1.29, 1.82) is 0 Å². The lowest BCUT2D eigenvalue weighted by molar-refractivity contribution is 0.0696. The van der Waals surface area contributed by atoms with E-state index in [1.807, 2.05) is 35.7 Å². The summed E-state index contributed by atoms with van der Waals surface area (Å²) >= 11 is 4.71. The van der Waals surface area contributed by atoms with Gasteiger partial charge in [0, 0.05) is 15.4 Å². The maximum atomic E-state index is 11.0. The fourth-order valence-corrected chi connectivity index (χ4v) is 3.25. The second-order valence-electron chi connectivity index (χ2n) is 4.82. The molecule has 7 heteroatoms. The predicted octanol–water partition coefficient (Wildman–Crippen LogP) is 4.72. The Bertz CT molecular complexity index is 894. The molecule has 0 aliphatic carbocycles. The fourth-order valence-electron chi connectivity index (χ4n) is 2.01. The first-order chi connectivity index (χ1) is 11.6. The molecular formula is C17H12BrN3O2S. The van der Waals surface area contributed by atoms with Crippen LogP contribution in [0.4, 0.5) is 5.13 Å². The summed E-state index contributed by atoms with van der Waals surface area (Å²) in [7, 11) is 0. The lowest BCUT2D eigenvalue weighted by atomic mass is 10.1. The van der Waals surface area contributed by atoms with Gasteiger partial charge < -0.3 is 5.11 Å². The number of thiazole rings is 1. The summed E-state index contributed by atoms with van der Waals surface area (Å²) in [5.74, 6) is -0.972. The van der Waals surface area contributed by atoms with Crippen LogP contribution in [0.25, 0.3) is 11.3 Å². The van der Waals surface area contributed by atoms with Crippen LogP contribution in [-0.4, -0.2) is 22.3 Å². The first-order valence-corrected chi connectivity index (χ1v) is 8.63. The summed E-state index contributed by atoms with van der Waals surface area (Å²) in [4.78, 5) is 15.4. The maximum Gasteiger partial charge on any atom is 0.336 e. The Hall–Kier alpha value is -2.51. The summed E-state index contributed by atoms with van der Waals surface area (Å²) in [6.45, 7) is 0. The molecule has 0 aliphatic rings. The van der Waals surface area contributed by atoms with Crippen LogP contribution >= 0.6 is 27.3 Å². The second kappa shape index (κ2) is 7.37. The van der Waals surface area contributed by atoms with Crippen LogP contribution in [0.15, 0.2) is 63.5 Å². The van der Waals surface area contributed by atoms with E-state index >= 15 is 0 Å². The van der Waals surface area contributed by atoms with Gasteiger partial charge in [-0.25, -0.2) is 9.78 Å². The SMILES string of the molecule is O=C(O)c1ccc(C=NNc2nc(-c3ccccc3)cs2)cc1Br. The molecule has 3 aromatic rings. The van der Waals surface area contributed by atoms with Crippen LogP contribution in [0, 0.1) is 0 Å². The number of nitrogens with zero attached hydrogens (tertiary/aromatic N) is 2. The van der Waals surface area contributed by atoms with Gasteiger partial charge in [-0.2, -0.15) is 5.10 Å². The van der Waals surface area contributed by atoms with Crippen molar-refractivity contribution in [2.45, 2.75) is 0 Å². The number of nitrogens with one attached hydrogen (secondary N) is 1. The lowest BCUT2D eigenvalue weighted by Crippen LogP contribution is -1.98. The van der Waals surface area contributed by atoms with Crippen LogP contribution in [0.5, 0.6) is 0 Å². The van der Waals surface area contributed by atoms with Crippen LogP contribution in [0.2, 0.25) is 0 Å². The quantitative estimate of drug-likeness (QED) is 0.479. The standard InChI is InChI=1S/C17H12BrN3O2S/c18-14-8-11(6-7-13(14)16(22)23)9-19-21-17-20-15(10-24-17)12-4-2-1-3-5-12/h1-10H,(H,20,21)(H,22,23). The summed E-state index contributed by atoms with van der Waals surface area (Å²) in [6.07, 6.45) is 1.61. The van der Waals surface area contributed by atoms with Gasteiger partial charge in [0.15, 0.2) is 0 Å². The number of aromatic nitrogens is 1. The molecule has 0 fully saturated rings. The minimum absolute atomic E-state index is 0.215. The largest absolute Gasteiger partial charge is 0.478 e. The molecule has 0 atom stereocenters. The number of carbonyl (C=O) groups is 1. The first-order valence-electron chi connectivity index (χ1n) is 6.96. The minimum atomic E-state index is -0.972. The lowest BCUT2D eigenvalue weighted by Gasteiger charge is -2.00. The molecule has 0 bridgehead atoms. The van der Waals surface area contributed by atoms with E-state index in [0.717, 1.165) is 16.8 Å². The first kappa shape index (κ1) is 16.4. The van der Waals surface area contributed by atoms with Gasteiger partial charge in [-0.1, -0.05) is 36.4 Å². The molecule has 5 nitrogen and oxygen atoms in total. The number of carboxylic acid groups (broad SMARTS) is 1. The van der Waals surface area contributed by atoms with Crippen molar-refractivity contribution in [3.8, 4) is 11.3 Å². The van der Waals surface area contributed by atoms with Gasteiger partial charge in [-0.15, -0.1) is 11.3 Å². The molecule has 0 saturated heterocycles. The van der Waals surface area contributed by atoms with Crippen molar-refractivity contribution in [2.75, 3.05) is 5.43 Å². The molecule has 0 saturated carbocycles. The van der Waals surface area contributed by atoms with Gasteiger partial charge in [0.1, 0.15) is 0 Å². The van der Waals surface area contributed by atoms with E-state index in [0.29, 0.717) is 9.60 Å². The Morgan fingerprint density at radius 2 is 2.04 bits per heavy atom. The van der Waals surface area contributed by atoms with E-state index in [-0.39, 0.29) is 5.56 Å². The molecule has 0 amide bonds. The van der Waals surface area contributed by atoms with Crippen molar-refractivity contribution in [1.82, 2.24) is 4.98 Å². The normalized spacial score (nSPS) is 10.9. The fraction of sp³-hybridized carbons (Fsp3) is 0. The van der Waals surface area contributed by atoms with E-state index in [4.69, 9.17) is 5.11 Å². The van der Waals surface area contributed by atoms with E-state index < -0.39 is 5.97 Å². The number of hydrogen-bond donors (Lipinski definition) is 2. The van der Waals surface area contributed by atoms with Crippen LogP contribution in [-0.2, 0) is 0 Å². The smallest absolute Gasteiger partial charge is 0.336 e. The molecule has 0 radical (unpaired) electrons. The highest BCUT2D eigenvalue weighted by Gasteiger charge is 2.07. The number of halogens is 1. The van der Waals surface area contributed by atoms with Crippen molar-refractivity contribution in [3.63, 3.8) is 0 Å². The highest BCUT2D eigenvalue weighted by atomic mass is 79.9. The monoisotopic (exact) mass is 401 g/mol. The number of carboxylic acids is 1. The molecule has 1 heterocycles. The van der Waals surface area contributed by atoms with Crippen molar-refractivity contribution >= 4 is 44.6 Å². The molecular weight excluding hydrogens is 390 g/mol. The van der Waals surface area contributed by atoms with Crippen molar-refractivity contribution < 1.29 is 9.90 Å². The van der Waals surface area contributed by atoms with Gasteiger partial charge in [-0.05, 0) is 33.6 Å². The maximum absolute atomic E-state index is 11.0. The predicted molar refractivity (Wildman–Crippen MR) is 99.9 cm³/mol. The number of hydrogen-bond acceptors (Lipinski definition) is 5. The summed E-state index contributed by atoms with van der Waals surface area (Å²) < 4.78 is 0.513. The highest BCUT2D eigenvalue weighted by molar-refractivity contribution is 9.10. The third-order valence-electron chi connectivity index (χ3n) is 3.17. The molecule has 2 N–H and O–H groups in total. The molecule has 0 spiro atoms. The summed E-state index contributed by atoms with van der Waals surface area (Å²) in [6, 6.07) is 14.8. The zero-order valence-electron chi connectivity index (χ0n) is 12.3. The number of benzene rings is 2. The Kier molecular flexibility index (Phi) is 5.02. The number of anilines is 1. The Morgan fingerprint density at radius 3 is 2.75 bits per heavy atom.